The summed E-state index contributed by atoms with van der Waals surface area (Å²) in [5.41, 5.74) is 0.714. The maximum Gasteiger partial charge on any atom is 0.126 e. The summed E-state index contributed by atoms with van der Waals surface area (Å²) < 4.78 is 26.2. The van der Waals surface area contributed by atoms with E-state index < -0.39 is 11.6 Å². The van der Waals surface area contributed by atoms with Crippen LogP contribution in [-0.2, 0) is 6.42 Å². The first-order chi connectivity index (χ1) is 10.1. The number of piperidine rings is 1. The number of likely N-dealkylation sites (tertiary alicyclic amines) is 1. The van der Waals surface area contributed by atoms with Crippen molar-refractivity contribution in [1.82, 2.24) is 10.2 Å². The van der Waals surface area contributed by atoms with Crippen LogP contribution in [0.3, 0.4) is 0 Å². The molecule has 1 aromatic carbocycles. The first kappa shape index (κ1) is 16.4. The third-order valence-electron chi connectivity index (χ3n) is 4.50. The lowest BCUT2D eigenvalue weighted by Gasteiger charge is -2.35. The molecular weight excluding hydrogens is 270 g/mol. The molecular formula is C17H26F2N2. The third kappa shape index (κ3) is 5.04. The Labute approximate surface area is 126 Å². The van der Waals surface area contributed by atoms with Gasteiger partial charge in [-0.2, -0.15) is 0 Å². The zero-order chi connectivity index (χ0) is 15.2. The molecule has 0 aromatic heterocycles. The Morgan fingerprint density at radius 1 is 1.29 bits per heavy atom. The van der Waals surface area contributed by atoms with Crippen LogP contribution < -0.4 is 5.32 Å². The van der Waals surface area contributed by atoms with Crippen LogP contribution in [-0.4, -0.2) is 37.1 Å². The Hall–Kier alpha value is -1.00. The number of nitrogens with one attached hydrogen (secondary N) is 1. The SMILES string of the molecule is CCN1CCCC(C(C)NCCc2cc(F)cc(F)c2)C1. The second-order valence-corrected chi connectivity index (χ2v) is 6.07. The standard InChI is InChI=1S/C17H26F2N2/c1-3-21-8-4-5-15(12-21)13(2)20-7-6-14-9-16(18)11-17(19)10-14/h9-11,13,15,20H,3-8,12H2,1-2H3. The fourth-order valence-corrected chi connectivity index (χ4v) is 3.15. The highest BCUT2D eigenvalue weighted by atomic mass is 19.1. The van der Waals surface area contributed by atoms with E-state index in [1.165, 1.54) is 31.5 Å². The van der Waals surface area contributed by atoms with E-state index >= 15 is 0 Å². The van der Waals surface area contributed by atoms with Crippen LogP contribution in [0.2, 0.25) is 0 Å². The fourth-order valence-electron chi connectivity index (χ4n) is 3.15. The lowest BCUT2D eigenvalue weighted by molar-refractivity contribution is 0.157. The number of hydrogen-bond donors (Lipinski definition) is 1. The number of hydrogen-bond acceptors (Lipinski definition) is 2. The molecule has 2 rings (SSSR count). The topological polar surface area (TPSA) is 15.3 Å². The van der Waals surface area contributed by atoms with Gasteiger partial charge in [-0.1, -0.05) is 6.92 Å². The van der Waals surface area contributed by atoms with Gasteiger partial charge < -0.3 is 10.2 Å². The summed E-state index contributed by atoms with van der Waals surface area (Å²) in [7, 11) is 0. The Bertz CT molecular complexity index is 430. The smallest absolute Gasteiger partial charge is 0.126 e. The molecule has 1 heterocycles. The van der Waals surface area contributed by atoms with Crippen LogP contribution in [0.5, 0.6) is 0 Å². The van der Waals surface area contributed by atoms with Crippen LogP contribution in [0.4, 0.5) is 8.78 Å². The van der Waals surface area contributed by atoms with Crippen LogP contribution in [0.1, 0.15) is 32.3 Å². The molecule has 1 aliphatic heterocycles. The van der Waals surface area contributed by atoms with Gasteiger partial charge in [0.2, 0.25) is 0 Å². The van der Waals surface area contributed by atoms with Crippen LogP contribution in [0.15, 0.2) is 18.2 Å². The van der Waals surface area contributed by atoms with E-state index in [1.54, 1.807) is 0 Å². The van der Waals surface area contributed by atoms with Gasteiger partial charge in [-0.25, -0.2) is 8.78 Å². The van der Waals surface area contributed by atoms with Crippen molar-refractivity contribution >= 4 is 0 Å². The molecule has 0 radical (unpaired) electrons. The monoisotopic (exact) mass is 296 g/mol. The zero-order valence-electron chi connectivity index (χ0n) is 13.0. The second-order valence-electron chi connectivity index (χ2n) is 6.07. The Morgan fingerprint density at radius 2 is 2.00 bits per heavy atom. The van der Waals surface area contributed by atoms with Crippen molar-refractivity contribution in [2.75, 3.05) is 26.2 Å². The third-order valence-corrected chi connectivity index (χ3v) is 4.50. The average Bonchev–Trinajstić information content (AvgIpc) is 2.46. The highest BCUT2D eigenvalue weighted by Crippen LogP contribution is 2.19. The molecule has 2 unspecified atom stereocenters. The molecule has 2 nitrogen and oxygen atoms in total. The first-order valence-corrected chi connectivity index (χ1v) is 7.99. The van der Waals surface area contributed by atoms with E-state index in [0.29, 0.717) is 23.9 Å². The van der Waals surface area contributed by atoms with Crippen molar-refractivity contribution in [1.29, 1.82) is 0 Å². The molecule has 4 heteroatoms. The van der Waals surface area contributed by atoms with Crippen LogP contribution in [0, 0.1) is 17.6 Å². The molecule has 1 aromatic rings. The largest absolute Gasteiger partial charge is 0.314 e. The van der Waals surface area contributed by atoms with Crippen molar-refractivity contribution in [3.63, 3.8) is 0 Å². The quantitative estimate of drug-likeness (QED) is 0.867. The van der Waals surface area contributed by atoms with Gasteiger partial charge >= 0.3 is 0 Å². The summed E-state index contributed by atoms with van der Waals surface area (Å²) in [6.07, 6.45) is 3.18. The predicted molar refractivity (Wildman–Crippen MR) is 82.4 cm³/mol. The zero-order valence-corrected chi connectivity index (χ0v) is 13.0. The lowest BCUT2D eigenvalue weighted by Crippen LogP contribution is -2.44. The number of halogens is 2. The van der Waals surface area contributed by atoms with Gasteiger partial charge in [0.25, 0.3) is 0 Å². The average molecular weight is 296 g/mol. The number of benzene rings is 1. The van der Waals surface area contributed by atoms with E-state index in [0.717, 1.165) is 25.7 Å². The first-order valence-electron chi connectivity index (χ1n) is 7.99. The maximum absolute atomic E-state index is 13.1. The predicted octanol–water partition coefficient (Wildman–Crippen LogP) is 3.22. The molecule has 0 aliphatic carbocycles. The summed E-state index contributed by atoms with van der Waals surface area (Å²) in [4.78, 5) is 2.49. The van der Waals surface area contributed by atoms with Gasteiger partial charge in [0.15, 0.2) is 0 Å². The van der Waals surface area contributed by atoms with Crippen molar-refractivity contribution in [2.45, 2.75) is 39.2 Å². The highest BCUT2D eigenvalue weighted by molar-refractivity contribution is 5.18. The van der Waals surface area contributed by atoms with E-state index in [2.05, 4.69) is 24.1 Å². The molecule has 21 heavy (non-hydrogen) atoms. The van der Waals surface area contributed by atoms with Crippen LogP contribution >= 0.6 is 0 Å². The number of rotatable bonds is 6. The van der Waals surface area contributed by atoms with Gasteiger partial charge in [-0.15, -0.1) is 0 Å². The van der Waals surface area contributed by atoms with E-state index in [1.807, 2.05) is 0 Å². The summed E-state index contributed by atoms with van der Waals surface area (Å²) >= 11 is 0. The van der Waals surface area contributed by atoms with Gasteiger partial charge in [-0.3, -0.25) is 0 Å². The molecule has 118 valence electrons. The molecule has 2 atom stereocenters. The van der Waals surface area contributed by atoms with Gasteiger partial charge in [0.05, 0.1) is 0 Å². The van der Waals surface area contributed by atoms with Gasteiger partial charge in [-0.05, 0) is 69.4 Å². The Kier molecular flexibility index (Phi) is 6.12. The summed E-state index contributed by atoms with van der Waals surface area (Å²) in [6.45, 7) is 8.66. The molecule has 0 bridgehead atoms. The normalized spacial score (nSPS) is 21.4. The minimum Gasteiger partial charge on any atom is -0.314 e. The van der Waals surface area contributed by atoms with E-state index in [4.69, 9.17) is 0 Å². The molecule has 0 amide bonds. The van der Waals surface area contributed by atoms with Gasteiger partial charge in [0.1, 0.15) is 11.6 Å². The summed E-state index contributed by atoms with van der Waals surface area (Å²) in [5.74, 6) is -0.323. The summed E-state index contributed by atoms with van der Waals surface area (Å²) in [5, 5.41) is 3.51. The number of nitrogens with zero attached hydrogens (tertiary/aromatic N) is 1. The minimum atomic E-state index is -0.496. The van der Waals surface area contributed by atoms with Crippen LogP contribution in [0.25, 0.3) is 0 Å². The van der Waals surface area contributed by atoms with E-state index in [-0.39, 0.29) is 0 Å². The molecule has 1 saturated heterocycles. The van der Waals surface area contributed by atoms with Crippen molar-refractivity contribution in [3.05, 3.63) is 35.4 Å². The molecule has 1 aliphatic rings. The maximum atomic E-state index is 13.1. The van der Waals surface area contributed by atoms with Gasteiger partial charge in [0, 0.05) is 18.7 Å². The Balaban J connectivity index is 1.77. The van der Waals surface area contributed by atoms with Crippen molar-refractivity contribution < 1.29 is 8.78 Å². The highest BCUT2D eigenvalue weighted by Gasteiger charge is 2.23. The van der Waals surface area contributed by atoms with Crippen molar-refractivity contribution in [3.8, 4) is 0 Å². The second kappa shape index (κ2) is 7.85. The molecule has 0 spiro atoms. The van der Waals surface area contributed by atoms with Crippen molar-refractivity contribution in [2.24, 2.45) is 5.92 Å². The molecule has 0 saturated carbocycles. The van der Waals surface area contributed by atoms with E-state index in [9.17, 15) is 8.78 Å². The molecule has 1 N–H and O–H groups in total. The minimum absolute atomic E-state index is 0.442. The summed E-state index contributed by atoms with van der Waals surface area (Å²) in [6, 6.07) is 4.18. The molecule has 1 fully saturated rings. The Morgan fingerprint density at radius 3 is 2.67 bits per heavy atom. The fraction of sp³-hybridized carbons (Fsp3) is 0.647. The lowest BCUT2D eigenvalue weighted by atomic mass is 9.91.